The van der Waals surface area contributed by atoms with Gasteiger partial charge in [0.1, 0.15) is 29.6 Å². The predicted molar refractivity (Wildman–Crippen MR) is 109 cm³/mol. The van der Waals surface area contributed by atoms with Crippen LogP contribution in [0.25, 0.3) is 6.08 Å². The van der Waals surface area contributed by atoms with Crippen molar-refractivity contribution in [2.45, 2.75) is 6.61 Å². The number of carbonyl (C=O) groups excluding carboxylic acids is 1. The van der Waals surface area contributed by atoms with Crippen LogP contribution < -0.4 is 9.47 Å². The average Bonchev–Trinajstić information content (AvgIpc) is 3.13. The zero-order valence-electron chi connectivity index (χ0n) is 14.4. The number of hydrogen-bond acceptors (Lipinski definition) is 4. The molecule has 0 aliphatic heterocycles. The van der Waals surface area contributed by atoms with E-state index >= 15 is 0 Å². The lowest BCUT2D eigenvalue weighted by atomic mass is 10.1. The first-order valence-electron chi connectivity index (χ1n) is 8.08. The number of carbonyl (C=O) groups is 1. The van der Waals surface area contributed by atoms with Crippen LogP contribution in [0.2, 0.25) is 5.02 Å². The fourth-order valence-corrected chi connectivity index (χ4v) is 3.06. The van der Waals surface area contributed by atoms with Crippen molar-refractivity contribution in [2.24, 2.45) is 0 Å². The van der Waals surface area contributed by atoms with Crippen molar-refractivity contribution in [1.82, 2.24) is 0 Å². The molecule has 0 unspecified atom stereocenters. The van der Waals surface area contributed by atoms with Crippen LogP contribution in [-0.4, -0.2) is 12.9 Å². The normalized spacial score (nSPS) is 10.9. The number of rotatable bonds is 7. The molecule has 0 atom stereocenters. The minimum atomic E-state index is -0.134. The maximum absolute atomic E-state index is 12.2. The highest BCUT2D eigenvalue weighted by Gasteiger charge is 2.07. The molecule has 0 N–H and O–H groups in total. The molecule has 0 radical (unpaired) electrons. The van der Waals surface area contributed by atoms with Crippen LogP contribution in [0.4, 0.5) is 0 Å². The smallest absolute Gasteiger partial charge is 0.186 e. The molecule has 0 saturated heterocycles. The number of ketones is 1. The van der Waals surface area contributed by atoms with Gasteiger partial charge in [-0.15, -0.1) is 0 Å². The summed E-state index contributed by atoms with van der Waals surface area (Å²) in [6, 6.07) is 15.9. The molecular weight excluding hydrogens is 432 g/mol. The first-order valence-corrected chi connectivity index (χ1v) is 9.25. The predicted octanol–water partition coefficient (Wildman–Crippen LogP) is 6.18. The fourth-order valence-electron chi connectivity index (χ4n) is 2.33. The maximum Gasteiger partial charge on any atom is 0.186 e. The van der Waals surface area contributed by atoms with Gasteiger partial charge in [0, 0.05) is 10.0 Å². The van der Waals surface area contributed by atoms with Crippen molar-refractivity contribution in [1.29, 1.82) is 0 Å². The third kappa shape index (κ3) is 5.25. The summed E-state index contributed by atoms with van der Waals surface area (Å²) >= 11 is 9.47. The molecule has 1 heterocycles. The van der Waals surface area contributed by atoms with Gasteiger partial charge in [-0.2, -0.15) is 0 Å². The van der Waals surface area contributed by atoms with Crippen molar-refractivity contribution in [3.8, 4) is 11.5 Å². The molecule has 6 heteroatoms. The van der Waals surface area contributed by atoms with Crippen molar-refractivity contribution >= 4 is 39.4 Å². The molecule has 3 aromatic rings. The third-order valence-electron chi connectivity index (χ3n) is 3.70. The van der Waals surface area contributed by atoms with Crippen LogP contribution in [-0.2, 0) is 6.61 Å². The lowest BCUT2D eigenvalue weighted by Gasteiger charge is -2.06. The Morgan fingerprint density at radius 2 is 2.04 bits per heavy atom. The largest absolute Gasteiger partial charge is 0.497 e. The molecule has 3 rings (SSSR count). The van der Waals surface area contributed by atoms with Crippen LogP contribution in [0.5, 0.6) is 11.5 Å². The Bertz CT molecular complexity index is 978. The second kappa shape index (κ2) is 8.93. The van der Waals surface area contributed by atoms with Crippen LogP contribution in [0.15, 0.2) is 69.6 Å². The van der Waals surface area contributed by atoms with E-state index in [-0.39, 0.29) is 12.4 Å². The van der Waals surface area contributed by atoms with Gasteiger partial charge in [-0.05, 0) is 54.6 Å². The summed E-state index contributed by atoms with van der Waals surface area (Å²) in [7, 11) is 1.56. The summed E-state index contributed by atoms with van der Waals surface area (Å²) in [4.78, 5) is 12.2. The molecule has 0 bridgehead atoms. The lowest BCUT2D eigenvalue weighted by molar-refractivity contribution is 0.104. The summed E-state index contributed by atoms with van der Waals surface area (Å²) in [6.45, 7) is 0.235. The van der Waals surface area contributed by atoms with Gasteiger partial charge in [0.25, 0.3) is 0 Å². The quantitative estimate of drug-likeness (QED) is 0.320. The summed E-state index contributed by atoms with van der Waals surface area (Å²) in [5.41, 5.74) is 0.547. The molecule has 0 aliphatic rings. The maximum atomic E-state index is 12.2. The Morgan fingerprint density at radius 3 is 2.81 bits per heavy atom. The number of benzene rings is 2. The highest BCUT2D eigenvalue weighted by Crippen LogP contribution is 2.28. The highest BCUT2D eigenvalue weighted by atomic mass is 79.9. The van der Waals surface area contributed by atoms with E-state index in [1.54, 1.807) is 61.7 Å². The monoisotopic (exact) mass is 446 g/mol. The van der Waals surface area contributed by atoms with Crippen LogP contribution >= 0.6 is 27.5 Å². The van der Waals surface area contributed by atoms with E-state index in [0.29, 0.717) is 33.6 Å². The van der Waals surface area contributed by atoms with Gasteiger partial charge in [0.2, 0.25) is 0 Å². The van der Waals surface area contributed by atoms with Gasteiger partial charge in [-0.25, -0.2) is 0 Å². The summed E-state index contributed by atoms with van der Waals surface area (Å²) in [5, 5.41) is 0.514. The number of methoxy groups -OCH3 is 1. The average molecular weight is 448 g/mol. The number of allylic oxidation sites excluding steroid dienone is 1. The molecule has 138 valence electrons. The van der Waals surface area contributed by atoms with Crippen LogP contribution in [0.3, 0.4) is 0 Å². The van der Waals surface area contributed by atoms with Crippen molar-refractivity contribution in [3.05, 3.63) is 87.3 Å². The summed E-state index contributed by atoms with van der Waals surface area (Å²) in [6.07, 6.45) is 3.09. The number of ether oxygens (including phenoxy) is 2. The minimum Gasteiger partial charge on any atom is -0.497 e. The van der Waals surface area contributed by atoms with Gasteiger partial charge in [0.15, 0.2) is 5.78 Å². The van der Waals surface area contributed by atoms with Crippen LogP contribution in [0, 0.1) is 0 Å². The van der Waals surface area contributed by atoms with E-state index in [4.69, 9.17) is 25.5 Å². The standard InChI is InChI=1S/C21H16BrClO4/c1-25-17-4-2-3-14(11-17)20(24)9-8-16-6-7-18(27-16)13-26-21-10-5-15(22)12-19(21)23/h2-12H,13H2,1H3/b9-8+. The second-order valence-electron chi connectivity index (χ2n) is 5.60. The molecule has 0 spiro atoms. The van der Waals surface area contributed by atoms with E-state index in [1.807, 2.05) is 6.07 Å². The zero-order valence-corrected chi connectivity index (χ0v) is 16.8. The molecule has 1 aromatic heterocycles. The number of furan rings is 1. The van der Waals surface area contributed by atoms with Gasteiger partial charge in [0.05, 0.1) is 12.1 Å². The molecule has 27 heavy (non-hydrogen) atoms. The van der Waals surface area contributed by atoms with Crippen LogP contribution in [0.1, 0.15) is 21.9 Å². The van der Waals surface area contributed by atoms with Crippen molar-refractivity contribution < 1.29 is 18.7 Å². The summed E-state index contributed by atoms with van der Waals surface area (Å²) in [5.74, 6) is 2.26. The molecule has 0 saturated carbocycles. The zero-order chi connectivity index (χ0) is 19.2. The first kappa shape index (κ1) is 19.3. The van der Waals surface area contributed by atoms with E-state index in [1.165, 1.54) is 6.08 Å². The Labute approximate surface area is 170 Å². The molecule has 0 aliphatic carbocycles. The van der Waals surface area contributed by atoms with E-state index < -0.39 is 0 Å². The fraction of sp³-hybridized carbons (Fsp3) is 0.0952. The molecule has 0 fully saturated rings. The highest BCUT2D eigenvalue weighted by molar-refractivity contribution is 9.10. The number of hydrogen-bond donors (Lipinski definition) is 0. The Morgan fingerprint density at radius 1 is 1.19 bits per heavy atom. The third-order valence-corrected chi connectivity index (χ3v) is 4.49. The van der Waals surface area contributed by atoms with Crippen molar-refractivity contribution in [2.75, 3.05) is 7.11 Å². The lowest BCUT2D eigenvalue weighted by Crippen LogP contribution is -1.95. The van der Waals surface area contributed by atoms with E-state index in [0.717, 1.165) is 4.47 Å². The topological polar surface area (TPSA) is 48.7 Å². The van der Waals surface area contributed by atoms with Gasteiger partial charge in [-0.1, -0.05) is 39.7 Å². The van der Waals surface area contributed by atoms with Crippen molar-refractivity contribution in [3.63, 3.8) is 0 Å². The Hall–Kier alpha value is -2.50. The second-order valence-corrected chi connectivity index (χ2v) is 6.92. The molecule has 2 aromatic carbocycles. The Balaban J connectivity index is 1.61. The van der Waals surface area contributed by atoms with E-state index in [2.05, 4.69) is 15.9 Å². The van der Waals surface area contributed by atoms with Gasteiger partial charge < -0.3 is 13.9 Å². The molecule has 4 nitrogen and oxygen atoms in total. The summed E-state index contributed by atoms with van der Waals surface area (Å²) < 4.78 is 17.3. The minimum absolute atomic E-state index is 0.134. The molecular formula is C21H16BrClO4. The van der Waals surface area contributed by atoms with E-state index in [9.17, 15) is 4.79 Å². The molecule has 0 amide bonds. The van der Waals surface area contributed by atoms with Gasteiger partial charge in [-0.3, -0.25) is 4.79 Å². The SMILES string of the molecule is COc1cccc(C(=O)/C=C/c2ccc(COc3ccc(Br)cc3Cl)o2)c1. The first-order chi connectivity index (χ1) is 13.0. The van der Waals surface area contributed by atoms with Gasteiger partial charge >= 0.3 is 0 Å². The number of halogens is 2. The Kier molecular flexibility index (Phi) is 6.37.